The Morgan fingerprint density at radius 2 is 0.929 bits per heavy atom. The molecular weight excluding hydrogens is 344 g/mol. The van der Waals surface area contributed by atoms with E-state index >= 15 is 0 Å². The van der Waals surface area contributed by atoms with Crippen molar-refractivity contribution in [1.29, 1.82) is 0 Å². The highest BCUT2D eigenvalue weighted by molar-refractivity contribution is 5.74. The van der Waals surface area contributed by atoms with Gasteiger partial charge in [0.25, 0.3) is 0 Å². The average molecular weight is 366 g/mol. The molecular formula is C26H22O2. The van der Waals surface area contributed by atoms with Gasteiger partial charge in [0.2, 0.25) is 0 Å². The van der Waals surface area contributed by atoms with Crippen LogP contribution < -0.4 is 0 Å². The van der Waals surface area contributed by atoms with Crippen molar-refractivity contribution in [2.75, 3.05) is 0 Å². The van der Waals surface area contributed by atoms with Crippen LogP contribution in [0.3, 0.4) is 0 Å². The second-order valence-electron chi connectivity index (χ2n) is 7.00. The molecule has 2 heteroatoms. The molecule has 0 amide bonds. The van der Waals surface area contributed by atoms with Crippen molar-refractivity contribution >= 4 is 0 Å². The monoisotopic (exact) mass is 366 g/mol. The van der Waals surface area contributed by atoms with E-state index in [1.54, 1.807) is 12.1 Å². The number of hydrogen-bond acceptors (Lipinski definition) is 2. The van der Waals surface area contributed by atoms with E-state index < -0.39 is 0 Å². The van der Waals surface area contributed by atoms with Crippen LogP contribution in [0.5, 0.6) is 11.5 Å². The molecule has 4 aromatic rings. The molecule has 0 fully saturated rings. The molecule has 4 rings (SSSR count). The fraction of sp³-hybridized carbons (Fsp3) is 0.0769. The van der Waals surface area contributed by atoms with E-state index in [-0.39, 0.29) is 17.4 Å². The van der Waals surface area contributed by atoms with Crippen molar-refractivity contribution in [3.05, 3.63) is 108 Å². The van der Waals surface area contributed by atoms with Gasteiger partial charge < -0.3 is 10.2 Å². The molecule has 0 aliphatic rings. The zero-order valence-electron chi connectivity index (χ0n) is 15.7. The maximum Gasteiger partial charge on any atom is 0.116 e. The molecule has 2 nitrogen and oxygen atoms in total. The molecule has 0 unspecified atom stereocenters. The Balaban J connectivity index is 1.87. The van der Waals surface area contributed by atoms with E-state index in [0.717, 1.165) is 33.4 Å². The van der Waals surface area contributed by atoms with E-state index in [4.69, 9.17) is 0 Å². The van der Waals surface area contributed by atoms with Crippen LogP contribution >= 0.6 is 0 Å². The number of phenolic OH excluding ortho intramolecular Hbond substituents is 2. The van der Waals surface area contributed by atoms with Gasteiger partial charge in [0.1, 0.15) is 11.5 Å². The van der Waals surface area contributed by atoms with Gasteiger partial charge in [-0.05, 0) is 57.6 Å². The van der Waals surface area contributed by atoms with Gasteiger partial charge >= 0.3 is 0 Å². The summed E-state index contributed by atoms with van der Waals surface area (Å²) in [5, 5.41) is 20.2. The Kier molecular flexibility index (Phi) is 4.86. The molecule has 0 aliphatic heterocycles. The molecule has 0 saturated carbocycles. The van der Waals surface area contributed by atoms with Gasteiger partial charge in [-0.3, -0.25) is 0 Å². The lowest BCUT2D eigenvalue weighted by atomic mass is 9.83. The molecule has 4 aromatic carbocycles. The van der Waals surface area contributed by atoms with Gasteiger partial charge in [-0.2, -0.15) is 0 Å². The van der Waals surface area contributed by atoms with Crippen molar-refractivity contribution in [2.24, 2.45) is 0 Å². The number of aromatic hydroxyl groups is 2. The third-order valence-electron chi connectivity index (χ3n) is 5.18. The molecule has 0 spiro atoms. The number of benzene rings is 4. The summed E-state index contributed by atoms with van der Waals surface area (Å²) in [5.41, 5.74) is 6.43. The molecule has 0 aliphatic carbocycles. The lowest BCUT2D eigenvalue weighted by Gasteiger charge is -2.21. The van der Waals surface area contributed by atoms with Crippen LogP contribution in [-0.4, -0.2) is 10.2 Å². The van der Waals surface area contributed by atoms with Gasteiger partial charge in [-0.1, -0.05) is 79.7 Å². The van der Waals surface area contributed by atoms with E-state index in [0.29, 0.717) is 0 Å². The predicted octanol–water partition coefficient (Wildman–Crippen LogP) is 6.58. The standard InChI is InChI=1S/C26H22O2/c1-18(23-14-12-21(27)16-25(23)19-8-4-2-5-9-19)24-15-13-22(28)17-26(24)20-10-6-3-7-11-20/h2-18,27-28H,1H3. The van der Waals surface area contributed by atoms with Crippen molar-refractivity contribution in [3.63, 3.8) is 0 Å². The summed E-state index contributed by atoms with van der Waals surface area (Å²) < 4.78 is 0. The van der Waals surface area contributed by atoms with E-state index in [2.05, 4.69) is 31.2 Å². The lowest BCUT2D eigenvalue weighted by Crippen LogP contribution is -2.01. The fourth-order valence-corrected chi connectivity index (χ4v) is 3.75. The highest BCUT2D eigenvalue weighted by Crippen LogP contribution is 2.40. The van der Waals surface area contributed by atoms with Gasteiger partial charge in [-0.25, -0.2) is 0 Å². The van der Waals surface area contributed by atoms with E-state index in [9.17, 15) is 10.2 Å². The molecule has 0 radical (unpaired) electrons. The molecule has 0 bridgehead atoms. The Hall–Kier alpha value is -3.52. The van der Waals surface area contributed by atoms with Gasteiger partial charge in [0.05, 0.1) is 0 Å². The summed E-state index contributed by atoms with van der Waals surface area (Å²) >= 11 is 0. The highest BCUT2D eigenvalue weighted by Gasteiger charge is 2.18. The molecule has 138 valence electrons. The molecule has 0 saturated heterocycles. The molecule has 0 atom stereocenters. The van der Waals surface area contributed by atoms with Crippen LogP contribution in [0.2, 0.25) is 0 Å². The Bertz CT molecular complexity index is 997. The summed E-state index contributed by atoms with van der Waals surface area (Å²) in [6.45, 7) is 2.16. The zero-order chi connectivity index (χ0) is 19.5. The molecule has 28 heavy (non-hydrogen) atoms. The van der Waals surface area contributed by atoms with Crippen LogP contribution in [0.25, 0.3) is 22.3 Å². The van der Waals surface area contributed by atoms with Crippen molar-refractivity contribution in [3.8, 4) is 33.8 Å². The smallest absolute Gasteiger partial charge is 0.116 e. The third-order valence-corrected chi connectivity index (χ3v) is 5.18. The van der Waals surface area contributed by atoms with Crippen molar-refractivity contribution < 1.29 is 10.2 Å². The number of phenols is 2. The third kappa shape index (κ3) is 3.49. The van der Waals surface area contributed by atoms with E-state index in [1.165, 1.54) is 0 Å². The first-order valence-corrected chi connectivity index (χ1v) is 9.40. The first-order valence-electron chi connectivity index (χ1n) is 9.40. The average Bonchev–Trinajstić information content (AvgIpc) is 2.74. The Morgan fingerprint density at radius 3 is 1.32 bits per heavy atom. The molecule has 0 heterocycles. The van der Waals surface area contributed by atoms with Crippen LogP contribution in [-0.2, 0) is 0 Å². The minimum atomic E-state index is 0.0756. The predicted molar refractivity (Wildman–Crippen MR) is 115 cm³/mol. The summed E-state index contributed by atoms with van der Waals surface area (Å²) in [5.74, 6) is 0.583. The molecule has 2 N–H and O–H groups in total. The summed E-state index contributed by atoms with van der Waals surface area (Å²) in [4.78, 5) is 0. The molecule has 0 aromatic heterocycles. The first kappa shape index (κ1) is 17.9. The minimum Gasteiger partial charge on any atom is -0.508 e. The maximum absolute atomic E-state index is 10.1. The number of rotatable bonds is 4. The summed E-state index contributed by atoms with van der Waals surface area (Å²) in [7, 11) is 0. The van der Waals surface area contributed by atoms with Crippen LogP contribution in [0, 0.1) is 0 Å². The van der Waals surface area contributed by atoms with Crippen LogP contribution in [0.4, 0.5) is 0 Å². The minimum absolute atomic E-state index is 0.0756. The quantitative estimate of drug-likeness (QED) is 0.428. The Morgan fingerprint density at radius 1 is 0.536 bits per heavy atom. The Labute approximate surface area is 165 Å². The zero-order valence-corrected chi connectivity index (χ0v) is 15.7. The highest BCUT2D eigenvalue weighted by atomic mass is 16.3. The first-order chi connectivity index (χ1) is 13.6. The second-order valence-corrected chi connectivity index (χ2v) is 7.00. The topological polar surface area (TPSA) is 40.5 Å². The van der Waals surface area contributed by atoms with Crippen molar-refractivity contribution in [1.82, 2.24) is 0 Å². The second kappa shape index (κ2) is 7.61. The van der Waals surface area contributed by atoms with Gasteiger partial charge in [-0.15, -0.1) is 0 Å². The summed E-state index contributed by atoms with van der Waals surface area (Å²) in [6.07, 6.45) is 0. The number of hydrogen-bond donors (Lipinski definition) is 2. The largest absolute Gasteiger partial charge is 0.508 e. The SMILES string of the molecule is CC(c1ccc(O)cc1-c1ccccc1)c1ccc(O)cc1-c1ccccc1. The van der Waals surface area contributed by atoms with E-state index in [1.807, 2.05) is 60.7 Å². The van der Waals surface area contributed by atoms with Crippen molar-refractivity contribution in [2.45, 2.75) is 12.8 Å². The van der Waals surface area contributed by atoms with Crippen LogP contribution in [0.15, 0.2) is 97.1 Å². The van der Waals surface area contributed by atoms with Gasteiger partial charge in [0.15, 0.2) is 0 Å². The summed E-state index contributed by atoms with van der Waals surface area (Å²) in [6, 6.07) is 31.3. The normalized spacial score (nSPS) is 10.9. The van der Waals surface area contributed by atoms with Crippen LogP contribution in [0.1, 0.15) is 24.0 Å². The van der Waals surface area contributed by atoms with Gasteiger partial charge in [0, 0.05) is 5.92 Å². The fourth-order valence-electron chi connectivity index (χ4n) is 3.75. The lowest BCUT2D eigenvalue weighted by molar-refractivity contribution is 0.475. The maximum atomic E-state index is 10.1.